The molecule has 0 aliphatic carbocycles. The van der Waals surface area contributed by atoms with E-state index in [0.717, 1.165) is 5.56 Å². The van der Waals surface area contributed by atoms with Crippen LogP contribution in [0.5, 0.6) is 5.75 Å². The van der Waals surface area contributed by atoms with Gasteiger partial charge in [0.05, 0.1) is 10.7 Å². The summed E-state index contributed by atoms with van der Waals surface area (Å²) in [7, 11) is 0. The molecule has 0 unspecified atom stereocenters. The number of imidazole rings is 1. The largest absolute Gasteiger partial charge is 0.507 e. The summed E-state index contributed by atoms with van der Waals surface area (Å²) in [6.45, 7) is 5.53. The Kier molecular flexibility index (Phi) is 4.20. The topological polar surface area (TPSA) is 66.6 Å². The summed E-state index contributed by atoms with van der Waals surface area (Å²) in [4.78, 5) is 17.3. The molecule has 0 radical (unpaired) electrons. The normalized spacial score (nSPS) is 11.0. The van der Waals surface area contributed by atoms with E-state index in [0.29, 0.717) is 39.7 Å². The van der Waals surface area contributed by atoms with Crippen LogP contribution in [0.15, 0.2) is 30.5 Å². The fraction of sp³-hybridized carbons (Fsp3) is 0.222. The summed E-state index contributed by atoms with van der Waals surface area (Å²) >= 11 is 6.06. The van der Waals surface area contributed by atoms with E-state index in [1.807, 2.05) is 13.8 Å². The van der Waals surface area contributed by atoms with Crippen molar-refractivity contribution in [1.82, 2.24) is 9.38 Å². The number of fused-ring (bicyclic) bond motifs is 1. The Balaban J connectivity index is 2.06. The third-order valence-electron chi connectivity index (χ3n) is 4.09. The number of phenolic OH excluding ortho intramolecular Hbond substituents is 1. The number of benzene rings is 1. The molecule has 5 nitrogen and oxygen atoms in total. The SMILES string of the molecule is CCc1nc2ccc(Cl)cn2c1C(=O)Nc1ccc(C)c(O)c1C. The monoisotopic (exact) mass is 343 g/mol. The molecule has 0 saturated carbocycles. The van der Waals surface area contributed by atoms with Gasteiger partial charge in [-0.2, -0.15) is 0 Å². The molecule has 1 amide bonds. The molecular formula is C18H18ClN3O2. The number of aryl methyl sites for hydroxylation is 2. The van der Waals surface area contributed by atoms with Gasteiger partial charge in [-0.05, 0) is 44.0 Å². The van der Waals surface area contributed by atoms with Crippen LogP contribution in [-0.2, 0) is 6.42 Å². The van der Waals surface area contributed by atoms with E-state index in [1.165, 1.54) is 0 Å². The summed E-state index contributed by atoms with van der Waals surface area (Å²) < 4.78 is 1.69. The van der Waals surface area contributed by atoms with Gasteiger partial charge in [0.2, 0.25) is 0 Å². The molecule has 0 spiro atoms. The first kappa shape index (κ1) is 16.3. The fourth-order valence-corrected chi connectivity index (χ4v) is 2.87. The van der Waals surface area contributed by atoms with Crippen LogP contribution in [0.1, 0.15) is 34.2 Å². The van der Waals surface area contributed by atoms with Crippen molar-refractivity contribution in [3.8, 4) is 5.75 Å². The molecule has 0 fully saturated rings. The minimum Gasteiger partial charge on any atom is -0.507 e. The van der Waals surface area contributed by atoms with E-state index in [9.17, 15) is 9.90 Å². The molecule has 3 rings (SSSR count). The number of rotatable bonds is 3. The molecule has 0 aliphatic rings. The van der Waals surface area contributed by atoms with Crippen LogP contribution < -0.4 is 5.32 Å². The van der Waals surface area contributed by atoms with Gasteiger partial charge in [-0.15, -0.1) is 0 Å². The third kappa shape index (κ3) is 2.71. The number of phenols is 1. The molecule has 2 heterocycles. The highest BCUT2D eigenvalue weighted by atomic mass is 35.5. The number of hydrogen-bond donors (Lipinski definition) is 2. The lowest BCUT2D eigenvalue weighted by Crippen LogP contribution is -2.17. The molecule has 124 valence electrons. The Morgan fingerprint density at radius 1 is 1.29 bits per heavy atom. The minimum atomic E-state index is -0.284. The van der Waals surface area contributed by atoms with Gasteiger partial charge >= 0.3 is 0 Å². The summed E-state index contributed by atoms with van der Waals surface area (Å²) in [5.74, 6) is -0.0994. The number of aromatic nitrogens is 2. The highest BCUT2D eigenvalue weighted by Gasteiger charge is 2.19. The molecule has 0 atom stereocenters. The number of pyridine rings is 1. The van der Waals surface area contributed by atoms with Crippen molar-refractivity contribution in [3.05, 3.63) is 58.0 Å². The molecule has 1 aromatic carbocycles. The van der Waals surface area contributed by atoms with Crippen molar-refractivity contribution >= 4 is 28.8 Å². The van der Waals surface area contributed by atoms with Crippen LogP contribution in [0.3, 0.4) is 0 Å². The number of anilines is 1. The molecule has 0 bridgehead atoms. The van der Waals surface area contributed by atoms with Crippen molar-refractivity contribution < 1.29 is 9.90 Å². The number of nitrogens with zero attached hydrogens (tertiary/aromatic N) is 2. The van der Waals surface area contributed by atoms with Gasteiger partial charge in [0.15, 0.2) is 0 Å². The lowest BCUT2D eigenvalue weighted by molar-refractivity contribution is 0.102. The average Bonchev–Trinajstić information content (AvgIpc) is 2.93. The summed E-state index contributed by atoms with van der Waals surface area (Å²) in [6.07, 6.45) is 2.30. The summed E-state index contributed by atoms with van der Waals surface area (Å²) in [6, 6.07) is 7.07. The molecule has 6 heteroatoms. The number of halogens is 1. The van der Waals surface area contributed by atoms with Crippen molar-refractivity contribution in [3.63, 3.8) is 0 Å². The van der Waals surface area contributed by atoms with Crippen LogP contribution in [0.25, 0.3) is 5.65 Å². The Labute approximate surface area is 144 Å². The van der Waals surface area contributed by atoms with E-state index in [2.05, 4.69) is 10.3 Å². The standard InChI is InChI=1S/C18H18ClN3O2/c1-4-13-16(22-9-12(19)6-8-15(22)20-13)18(24)21-14-7-5-10(2)17(23)11(14)3/h5-9,23H,4H2,1-3H3,(H,21,24). The van der Waals surface area contributed by atoms with Crippen molar-refractivity contribution in [2.24, 2.45) is 0 Å². The van der Waals surface area contributed by atoms with E-state index >= 15 is 0 Å². The lowest BCUT2D eigenvalue weighted by atomic mass is 10.1. The summed E-state index contributed by atoms with van der Waals surface area (Å²) in [5, 5.41) is 13.4. The van der Waals surface area contributed by atoms with Gasteiger partial charge < -0.3 is 10.4 Å². The predicted octanol–water partition coefficient (Wildman–Crippen LogP) is 4.12. The maximum absolute atomic E-state index is 12.8. The molecule has 0 aliphatic heterocycles. The molecule has 0 saturated heterocycles. The van der Waals surface area contributed by atoms with Crippen molar-refractivity contribution in [2.45, 2.75) is 27.2 Å². The Hall–Kier alpha value is -2.53. The second kappa shape index (κ2) is 6.17. The Morgan fingerprint density at radius 2 is 2.04 bits per heavy atom. The summed E-state index contributed by atoms with van der Waals surface area (Å²) in [5.41, 5.74) is 3.79. The van der Waals surface area contributed by atoms with E-state index in [1.54, 1.807) is 41.8 Å². The number of hydrogen-bond acceptors (Lipinski definition) is 3. The number of carbonyl (C=O) groups is 1. The number of nitrogens with one attached hydrogen (secondary N) is 1. The molecule has 24 heavy (non-hydrogen) atoms. The minimum absolute atomic E-state index is 0.185. The van der Waals surface area contributed by atoms with E-state index in [-0.39, 0.29) is 11.7 Å². The number of carbonyl (C=O) groups excluding carboxylic acids is 1. The zero-order valence-corrected chi connectivity index (χ0v) is 14.5. The Bertz CT molecular complexity index is 947. The van der Waals surface area contributed by atoms with Crippen LogP contribution >= 0.6 is 11.6 Å². The highest BCUT2D eigenvalue weighted by molar-refractivity contribution is 6.30. The lowest BCUT2D eigenvalue weighted by Gasteiger charge is -2.12. The zero-order valence-electron chi connectivity index (χ0n) is 13.7. The van der Waals surface area contributed by atoms with E-state index in [4.69, 9.17) is 11.6 Å². The van der Waals surface area contributed by atoms with Gasteiger partial charge in [0.1, 0.15) is 17.1 Å². The van der Waals surface area contributed by atoms with Crippen LogP contribution in [-0.4, -0.2) is 20.4 Å². The van der Waals surface area contributed by atoms with Gasteiger partial charge in [-0.1, -0.05) is 24.6 Å². The predicted molar refractivity (Wildman–Crippen MR) is 95.1 cm³/mol. The number of aromatic hydroxyl groups is 1. The van der Waals surface area contributed by atoms with Gasteiger partial charge in [0.25, 0.3) is 5.91 Å². The third-order valence-corrected chi connectivity index (χ3v) is 4.31. The Morgan fingerprint density at radius 3 is 2.75 bits per heavy atom. The van der Waals surface area contributed by atoms with Crippen LogP contribution in [0.2, 0.25) is 5.02 Å². The second-order valence-electron chi connectivity index (χ2n) is 5.69. The maximum atomic E-state index is 12.8. The molecule has 3 aromatic rings. The maximum Gasteiger partial charge on any atom is 0.274 e. The first-order valence-electron chi connectivity index (χ1n) is 7.69. The zero-order chi connectivity index (χ0) is 17.4. The first-order chi connectivity index (χ1) is 11.4. The van der Waals surface area contributed by atoms with Crippen molar-refractivity contribution in [1.29, 1.82) is 0 Å². The highest BCUT2D eigenvalue weighted by Crippen LogP contribution is 2.28. The smallest absolute Gasteiger partial charge is 0.274 e. The number of amides is 1. The van der Waals surface area contributed by atoms with Gasteiger partial charge in [0, 0.05) is 17.4 Å². The van der Waals surface area contributed by atoms with Crippen LogP contribution in [0, 0.1) is 13.8 Å². The fourth-order valence-electron chi connectivity index (χ4n) is 2.71. The second-order valence-corrected chi connectivity index (χ2v) is 6.13. The van der Waals surface area contributed by atoms with Gasteiger partial charge in [-0.25, -0.2) is 4.98 Å². The molecule has 2 N–H and O–H groups in total. The van der Waals surface area contributed by atoms with Crippen molar-refractivity contribution in [2.75, 3.05) is 5.32 Å². The van der Waals surface area contributed by atoms with Gasteiger partial charge in [-0.3, -0.25) is 9.20 Å². The molecular weight excluding hydrogens is 326 g/mol. The molecule has 2 aromatic heterocycles. The van der Waals surface area contributed by atoms with E-state index < -0.39 is 0 Å². The average molecular weight is 344 g/mol. The quantitative estimate of drug-likeness (QED) is 0.751. The van der Waals surface area contributed by atoms with Crippen LogP contribution in [0.4, 0.5) is 5.69 Å². The first-order valence-corrected chi connectivity index (χ1v) is 8.07.